The smallest absolute Gasteiger partial charge is 0.159 e. The summed E-state index contributed by atoms with van der Waals surface area (Å²) in [7, 11) is 0. The Morgan fingerprint density at radius 2 is 0.731 bits per heavy atom. The number of unbranched alkanes of at least 4 members (excludes halogenated alkanes) is 14. The molecule has 2 fully saturated rings. The maximum atomic E-state index is 6.61. The molecule has 67 heavy (non-hydrogen) atoms. The number of nitrogens with zero attached hydrogens (tertiary/aromatic N) is 4. The Morgan fingerprint density at radius 3 is 1.09 bits per heavy atom. The van der Waals surface area contributed by atoms with Gasteiger partial charge in [-0.3, -0.25) is 0 Å². The normalized spacial score (nSPS) is 19.6. The molecule has 2 saturated carbocycles. The molecule has 2 aliphatic carbocycles. The predicted molar refractivity (Wildman–Crippen MR) is 285 cm³/mol. The largest absolute Gasteiger partial charge is 0.381 e. The maximum absolute atomic E-state index is 6.61. The van der Waals surface area contributed by atoms with Crippen molar-refractivity contribution in [2.75, 3.05) is 13.2 Å². The first-order chi connectivity index (χ1) is 33.1. The van der Waals surface area contributed by atoms with Gasteiger partial charge in [0.25, 0.3) is 0 Å². The molecule has 2 atom stereocenters. The van der Waals surface area contributed by atoms with Gasteiger partial charge in [-0.1, -0.05) is 179 Å². The highest BCUT2D eigenvalue weighted by atomic mass is 16.5. The van der Waals surface area contributed by atoms with Gasteiger partial charge in [-0.05, 0) is 148 Å². The van der Waals surface area contributed by atoms with Gasteiger partial charge in [0.2, 0.25) is 0 Å². The maximum Gasteiger partial charge on any atom is 0.159 e. The van der Waals surface area contributed by atoms with Crippen LogP contribution in [0.4, 0.5) is 0 Å². The minimum absolute atomic E-state index is 0.646. The highest BCUT2D eigenvalue weighted by Gasteiger charge is 2.31. The molecule has 0 N–H and O–H groups in total. The zero-order valence-corrected chi connectivity index (χ0v) is 43.2. The second kappa shape index (κ2) is 30.9. The number of benzene rings is 2. The van der Waals surface area contributed by atoms with Crippen molar-refractivity contribution >= 4 is 0 Å². The van der Waals surface area contributed by atoms with Crippen LogP contribution >= 0.6 is 0 Å². The lowest BCUT2D eigenvalue weighted by Gasteiger charge is -2.36. The summed E-state index contributed by atoms with van der Waals surface area (Å²) in [6, 6.07) is 18.8. The molecule has 2 aliphatic rings. The van der Waals surface area contributed by atoms with Crippen LogP contribution in [0.15, 0.2) is 73.3 Å². The summed E-state index contributed by atoms with van der Waals surface area (Å²) in [6.07, 6.45) is 47.3. The molecule has 5 nitrogen and oxygen atoms in total. The lowest BCUT2D eigenvalue weighted by atomic mass is 9.71. The van der Waals surface area contributed by atoms with Crippen molar-refractivity contribution in [3.63, 3.8) is 0 Å². The molecule has 2 aromatic heterocycles. The van der Waals surface area contributed by atoms with Gasteiger partial charge in [0, 0.05) is 49.1 Å². The van der Waals surface area contributed by atoms with E-state index in [2.05, 4.69) is 101 Å². The number of ether oxygens (including phenoxy) is 1. The lowest BCUT2D eigenvalue weighted by molar-refractivity contribution is 0.0383. The summed E-state index contributed by atoms with van der Waals surface area (Å²) < 4.78 is 6.61. The van der Waals surface area contributed by atoms with E-state index in [9.17, 15) is 0 Å². The van der Waals surface area contributed by atoms with Crippen LogP contribution in [0.5, 0.6) is 0 Å². The van der Waals surface area contributed by atoms with Crippen molar-refractivity contribution in [2.45, 2.75) is 232 Å². The molecule has 0 saturated heterocycles. The van der Waals surface area contributed by atoms with Gasteiger partial charge in [0.1, 0.15) is 0 Å². The van der Waals surface area contributed by atoms with Gasteiger partial charge < -0.3 is 4.74 Å². The fraction of sp³-hybridized carbons (Fsp3) is 0.677. The fourth-order valence-corrected chi connectivity index (χ4v) is 11.7. The topological polar surface area (TPSA) is 60.8 Å². The minimum Gasteiger partial charge on any atom is -0.381 e. The highest BCUT2D eigenvalue weighted by molar-refractivity contribution is 5.56. The zero-order chi connectivity index (χ0) is 46.7. The third kappa shape index (κ3) is 18.1. The Morgan fingerprint density at radius 1 is 0.403 bits per heavy atom. The Labute approximate surface area is 410 Å². The zero-order valence-electron chi connectivity index (χ0n) is 43.2. The molecular formula is C62H94N4O. The van der Waals surface area contributed by atoms with E-state index in [1.165, 1.54) is 202 Å². The average Bonchev–Trinajstić information content (AvgIpc) is 3.37. The van der Waals surface area contributed by atoms with Gasteiger partial charge in [-0.15, -0.1) is 0 Å². The van der Waals surface area contributed by atoms with Crippen LogP contribution in [-0.2, 0) is 17.6 Å². The highest BCUT2D eigenvalue weighted by Crippen LogP contribution is 2.43. The number of aromatic nitrogens is 4. The summed E-state index contributed by atoms with van der Waals surface area (Å²) in [4.78, 5) is 19.2. The molecule has 0 bridgehead atoms. The van der Waals surface area contributed by atoms with Crippen molar-refractivity contribution in [3.05, 3.63) is 95.6 Å². The van der Waals surface area contributed by atoms with Crippen molar-refractivity contribution in [1.29, 1.82) is 0 Å². The first-order valence-corrected chi connectivity index (χ1v) is 28.5. The van der Waals surface area contributed by atoms with Crippen molar-refractivity contribution in [1.82, 2.24) is 19.9 Å². The van der Waals surface area contributed by atoms with Gasteiger partial charge in [-0.25, -0.2) is 19.9 Å². The summed E-state index contributed by atoms with van der Waals surface area (Å²) in [5.74, 6) is 5.97. The third-order valence-corrected chi connectivity index (χ3v) is 16.1. The van der Waals surface area contributed by atoms with E-state index in [1.54, 1.807) is 0 Å². The van der Waals surface area contributed by atoms with E-state index in [1.807, 2.05) is 0 Å². The molecule has 4 aromatic rings. The number of hydrogen-bond donors (Lipinski definition) is 0. The molecule has 0 spiro atoms. The quantitative estimate of drug-likeness (QED) is 0.0457. The van der Waals surface area contributed by atoms with Crippen LogP contribution in [0.25, 0.3) is 22.8 Å². The van der Waals surface area contributed by atoms with E-state index in [0.29, 0.717) is 23.7 Å². The van der Waals surface area contributed by atoms with E-state index >= 15 is 0 Å². The minimum atomic E-state index is 0.646. The molecule has 0 aliphatic heterocycles. The van der Waals surface area contributed by atoms with Crippen molar-refractivity contribution in [3.8, 4) is 22.8 Å². The Hall–Kier alpha value is -3.44. The number of aryl methyl sites for hydroxylation is 2. The molecule has 0 radical (unpaired) electrons. The van der Waals surface area contributed by atoms with E-state index < -0.39 is 0 Å². The summed E-state index contributed by atoms with van der Waals surface area (Å²) in [6.45, 7) is 11.1. The molecule has 6 rings (SSSR count). The van der Waals surface area contributed by atoms with Crippen LogP contribution in [0.3, 0.4) is 0 Å². The van der Waals surface area contributed by atoms with Crippen molar-refractivity contribution in [2.24, 2.45) is 23.7 Å². The van der Waals surface area contributed by atoms with Gasteiger partial charge >= 0.3 is 0 Å². The van der Waals surface area contributed by atoms with Crippen LogP contribution in [0.1, 0.15) is 242 Å². The first-order valence-electron chi connectivity index (χ1n) is 28.5. The second-order valence-electron chi connectivity index (χ2n) is 21.4. The van der Waals surface area contributed by atoms with E-state index in [4.69, 9.17) is 24.7 Å². The molecular weight excluding hydrogens is 817 g/mol. The van der Waals surface area contributed by atoms with Gasteiger partial charge in [0.05, 0.1) is 0 Å². The van der Waals surface area contributed by atoms with E-state index in [0.717, 1.165) is 60.7 Å². The van der Waals surface area contributed by atoms with Crippen LogP contribution in [0, 0.1) is 23.7 Å². The SMILES string of the molecule is CCCCCCCCc1cnc(-c2ccc(C(CCCCC)C3CCC(COCC4CCC(C(CCCCC)c5ccc(-c6ncc(CCCCCCCC)cn6)cc5)CC4)CC3)cc2)nc1. The van der Waals surface area contributed by atoms with Gasteiger partial charge in [-0.2, -0.15) is 0 Å². The molecule has 2 heterocycles. The summed E-state index contributed by atoms with van der Waals surface area (Å²) >= 11 is 0. The van der Waals surface area contributed by atoms with Gasteiger partial charge in [0.15, 0.2) is 11.6 Å². The van der Waals surface area contributed by atoms with Crippen LogP contribution in [0.2, 0.25) is 0 Å². The van der Waals surface area contributed by atoms with Crippen LogP contribution < -0.4 is 0 Å². The second-order valence-corrected chi connectivity index (χ2v) is 21.4. The fourth-order valence-electron chi connectivity index (χ4n) is 11.7. The predicted octanol–water partition coefficient (Wildman–Crippen LogP) is 18.1. The van der Waals surface area contributed by atoms with Crippen LogP contribution in [-0.4, -0.2) is 33.1 Å². The average molecular weight is 911 g/mol. The summed E-state index contributed by atoms with van der Waals surface area (Å²) in [5, 5.41) is 0. The lowest BCUT2D eigenvalue weighted by Crippen LogP contribution is -2.26. The van der Waals surface area contributed by atoms with E-state index in [-0.39, 0.29) is 0 Å². The number of rotatable bonds is 32. The molecule has 0 amide bonds. The molecule has 2 unspecified atom stereocenters. The Bertz CT molecular complexity index is 1700. The first kappa shape index (κ1) is 52.9. The molecule has 5 heteroatoms. The third-order valence-electron chi connectivity index (χ3n) is 16.1. The Balaban J connectivity index is 0.921. The monoisotopic (exact) mass is 911 g/mol. The number of hydrogen-bond acceptors (Lipinski definition) is 5. The Kier molecular flexibility index (Phi) is 24.4. The standard InChI is InChI=1S/C62H94N4O/c1-5-9-13-15-17-21-23-51-43-63-61(64-44-51)57-39-35-55(36-40-57)59(25-19-11-7-3)53-31-27-49(28-32-53)47-67-48-50-29-33-54(34-30-50)60(26-20-12-8-4)56-37-41-58(42-38-56)62-65-45-52(46-66-62)24-22-18-16-14-10-6-2/h35-46,49-50,53-54,59-60H,5-34,47-48H2,1-4H3. The molecule has 368 valence electrons. The van der Waals surface area contributed by atoms with Crippen molar-refractivity contribution < 1.29 is 4.74 Å². The molecule has 2 aromatic carbocycles. The summed E-state index contributed by atoms with van der Waals surface area (Å²) in [5.41, 5.74) is 7.85.